The van der Waals surface area contributed by atoms with Gasteiger partial charge >= 0.3 is 5.97 Å². The van der Waals surface area contributed by atoms with E-state index < -0.39 is 5.97 Å². The second-order valence-corrected chi connectivity index (χ2v) is 3.12. The maximum atomic E-state index is 11.3. The summed E-state index contributed by atoms with van der Waals surface area (Å²) in [6.07, 6.45) is 1.63. The Kier molecular flexibility index (Phi) is 3.36. The van der Waals surface area contributed by atoms with Crippen molar-refractivity contribution in [3.63, 3.8) is 0 Å². The summed E-state index contributed by atoms with van der Waals surface area (Å²) >= 11 is 3.23. The Hall–Kier alpha value is -0.970. The smallest absolute Gasteiger partial charge is 0.358 e. The number of halogens is 1. The number of carbonyl (C=O) groups excluding carboxylic acids is 1. The van der Waals surface area contributed by atoms with Crippen LogP contribution in [0.3, 0.4) is 0 Å². The number of esters is 1. The van der Waals surface area contributed by atoms with Gasteiger partial charge in [-0.05, 0) is 22.9 Å². The number of hydrogen-bond acceptors (Lipinski definition) is 3. The minimum absolute atomic E-state index is 0.330. The topological polar surface area (TPSA) is 51.3 Å². The van der Waals surface area contributed by atoms with Gasteiger partial charge in [0.05, 0.1) is 18.2 Å². The van der Waals surface area contributed by atoms with E-state index in [-0.39, 0.29) is 0 Å². The average Bonchev–Trinajstić information content (AvgIpc) is 2.47. The summed E-state index contributed by atoms with van der Waals surface area (Å²) in [5.74, 6) is 0.0588. The highest BCUT2D eigenvalue weighted by atomic mass is 79.9. The molecule has 0 saturated carbocycles. The Morgan fingerprint density at radius 1 is 1.69 bits per heavy atom. The van der Waals surface area contributed by atoms with Crippen molar-refractivity contribution in [2.24, 2.45) is 0 Å². The van der Waals surface area contributed by atoms with Gasteiger partial charge in [-0.15, -0.1) is 0 Å². The molecule has 0 atom stereocenters. The molecular formula is C8H10BrNO3. The Bertz CT molecular complexity index is 308. The molecule has 0 radical (unpaired) electrons. The highest BCUT2D eigenvalue weighted by Crippen LogP contribution is 2.28. The van der Waals surface area contributed by atoms with Gasteiger partial charge in [0, 0.05) is 6.20 Å². The summed E-state index contributed by atoms with van der Waals surface area (Å²) in [5, 5.41) is 0. The molecule has 0 aliphatic carbocycles. The van der Waals surface area contributed by atoms with E-state index in [0.717, 1.165) is 0 Å². The first-order valence-corrected chi connectivity index (χ1v) is 4.58. The summed E-state index contributed by atoms with van der Waals surface area (Å²) < 4.78 is 10.5. The van der Waals surface area contributed by atoms with Crippen molar-refractivity contribution in [1.82, 2.24) is 4.98 Å². The van der Waals surface area contributed by atoms with Gasteiger partial charge in [-0.3, -0.25) is 0 Å². The minimum atomic E-state index is -0.412. The highest BCUT2D eigenvalue weighted by Gasteiger charge is 2.17. The molecule has 1 heterocycles. The summed E-state index contributed by atoms with van der Waals surface area (Å²) in [7, 11) is 1.50. The van der Waals surface area contributed by atoms with Gasteiger partial charge in [-0.1, -0.05) is 0 Å². The minimum Gasteiger partial charge on any atom is -0.493 e. The highest BCUT2D eigenvalue weighted by molar-refractivity contribution is 9.10. The van der Waals surface area contributed by atoms with Gasteiger partial charge in [0.15, 0.2) is 11.4 Å². The molecule has 1 N–H and O–H groups in total. The third-order valence-electron chi connectivity index (χ3n) is 1.47. The Balaban J connectivity index is 2.93. The number of ether oxygens (including phenoxy) is 2. The summed E-state index contributed by atoms with van der Waals surface area (Å²) in [6.45, 7) is 2.10. The molecule has 0 saturated heterocycles. The molecule has 0 unspecified atom stereocenters. The lowest BCUT2D eigenvalue weighted by Crippen LogP contribution is -2.06. The van der Waals surface area contributed by atoms with Crippen LogP contribution in [0.2, 0.25) is 0 Å². The van der Waals surface area contributed by atoms with Gasteiger partial charge in [-0.25, -0.2) is 4.79 Å². The van der Waals surface area contributed by atoms with Crippen LogP contribution in [-0.2, 0) is 4.74 Å². The van der Waals surface area contributed by atoms with Gasteiger partial charge in [-0.2, -0.15) is 0 Å². The Morgan fingerprint density at radius 3 is 2.92 bits per heavy atom. The van der Waals surface area contributed by atoms with Gasteiger partial charge in [0.1, 0.15) is 0 Å². The van der Waals surface area contributed by atoms with E-state index >= 15 is 0 Å². The average molecular weight is 248 g/mol. The molecule has 0 fully saturated rings. The number of hydrogen-bond donors (Lipinski definition) is 1. The molecule has 1 aromatic heterocycles. The largest absolute Gasteiger partial charge is 0.493 e. The van der Waals surface area contributed by atoms with Crippen LogP contribution in [0.5, 0.6) is 5.75 Å². The molecule has 13 heavy (non-hydrogen) atoms. The molecule has 1 rings (SSSR count). The van der Waals surface area contributed by atoms with Crippen LogP contribution in [0.15, 0.2) is 10.7 Å². The van der Waals surface area contributed by atoms with E-state index in [1.165, 1.54) is 7.11 Å². The van der Waals surface area contributed by atoms with Crippen molar-refractivity contribution in [2.45, 2.75) is 6.92 Å². The predicted molar refractivity (Wildman–Crippen MR) is 51.0 cm³/mol. The van der Waals surface area contributed by atoms with Crippen molar-refractivity contribution < 1.29 is 14.3 Å². The predicted octanol–water partition coefficient (Wildman–Crippen LogP) is 1.96. The molecule has 0 bridgehead atoms. The van der Waals surface area contributed by atoms with Crippen molar-refractivity contribution in [2.75, 3.05) is 13.7 Å². The van der Waals surface area contributed by atoms with E-state index in [1.54, 1.807) is 13.1 Å². The molecule has 5 heteroatoms. The third kappa shape index (κ3) is 2.03. The van der Waals surface area contributed by atoms with E-state index in [1.807, 2.05) is 0 Å². The lowest BCUT2D eigenvalue weighted by molar-refractivity contribution is 0.0516. The number of rotatable bonds is 3. The fourth-order valence-corrected chi connectivity index (χ4v) is 1.42. The molecule has 0 amide bonds. The second kappa shape index (κ2) is 4.32. The fourth-order valence-electron chi connectivity index (χ4n) is 0.940. The Labute approximate surface area is 84.4 Å². The van der Waals surface area contributed by atoms with Crippen LogP contribution in [0.4, 0.5) is 0 Å². The molecule has 0 aliphatic rings. The quantitative estimate of drug-likeness (QED) is 0.832. The van der Waals surface area contributed by atoms with E-state index in [0.29, 0.717) is 22.5 Å². The second-order valence-electron chi connectivity index (χ2n) is 2.27. The first kappa shape index (κ1) is 10.1. The number of H-pyrrole nitrogens is 1. The first-order valence-electron chi connectivity index (χ1n) is 3.78. The lowest BCUT2D eigenvalue weighted by atomic mass is 10.4. The summed E-state index contributed by atoms with van der Waals surface area (Å²) in [5.41, 5.74) is 0.330. The maximum Gasteiger partial charge on any atom is 0.358 e. The normalized spacial score (nSPS) is 9.77. The van der Waals surface area contributed by atoms with Crippen molar-refractivity contribution in [3.05, 3.63) is 16.4 Å². The SMILES string of the molecule is CCOC(=O)c1[nH]cc(Br)c1OC. The zero-order chi connectivity index (χ0) is 9.84. The third-order valence-corrected chi connectivity index (χ3v) is 2.06. The number of aromatic amines is 1. The first-order chi connectivity index (χ1) is 6.20. The van der Waals surface area contributed by atoms with E-state index in [2.05, 4.69) is 20.9 Å². The molecule has 0 aliphatic heterocycles. The van der Waals surface area contributed by atoms with Crippen LogP contribution < -0.4 is 4.74 Å². The standard InChI is InChI=1S/C8H10BrNO3/c1-3-13-8(11)6-7(12-2)5(9)4-10-6/h4,10H,3H2,1-2H3. The number of aromatic nitrogens is 1. The van der Waals surface area contributed by atoms with Crippen molar-refractivity contribution in [3.8, 4) is 5.75 Å². The van der Waals surface area contributed by atoms with E-state index in [4.69, 9.17) is 9.47 Å². The monoisotopic (exact) mass is 247 g/mol. The van der Waals surface area contributed by atoms with Crippen molar-refractivity contribution in [1.29, 1.82) is 0 Å². The van der Waals surface area contributed by atoms with E-state index in [9.17, 15) is 4.79 Å². The van der Waals surface area contributed by atoms with Crippen molar-refractivity contribution >= 4 is 21.9 Å². The zero-order valence-corrected chi connectivity index (χ0v) is 8.97. The molecule has 1 aromatic rings. The summed E-state index contributed by atoms with van der Waals surface area (Å²) in [4.78, 5) is 14.0. The zero-order valence-electron chi connectivity index (χ0n) is 7.39. The van der Waals surface area contributed by atoms with Crippen LogP contribution in [-0.4, -0.2) is 24.7 Å². The van der Waals surface area contributed by atoms with Gasteiger partial charge in [0.2, 0.25) is 0 Å². The number of carbonyl (C=O) groups is 1. The summed E-state index contributed by atoms with van der Waals surface area (Å²) in [6, 6.07) is 0. The van der Waals surface area contributed by atoms with Crippen LogP contribution >= 0.6 is 15.9 Å². The van der Waals surface area contributed by atoms with Gasteiger partial charge in [0.25, 0.3) is 0 Å². The fraction of sp³-hybridized carbons (Fsp3) is 0.375. The van der Waals surface area contributed by atoms with Crippen LogP contribution in [0.25, 0.3) is 0 Å². The number of nitrogens with one attached hydrogen (secondary N) is 1. The molecule has 72 valence electrons. The maximum absolute atomic E-state index is 11.3. The van der Waals surface area contributed by atoms with Crippen LogP contribution in [0.1, 0.15) is 17.4 Å². The molecule has 0 spiro atoms. The molecule has 4 nitrogen and oxygen atoms in total. The number of methoxy groups -OCH3 is 1. The van der Waals surface area contributed by atoms with Crippen LogP contribution in [0, 0.1) is 0 Å². The van der Waals surface area contributed by atoms with Gasteiger partial charge < -0.3 is 14.5 Å². The lowest BCUT2D eigenvalue weighted by Gasteiger charge is -2.02. The Morgan fingerprint density at radius 2 is 2.38 bits per heavy atom. The molecule has 0 aromatic carbocycles. The molecular weight excluding hydrogens is 238 g/mol.